The fraction of sp³-hybridized carbons (Fsp3) is 0.143. The zero-order valence-corrected chi connectivity index (χ0v) is 12.3. The highest BCUT2D eigenvalue weighted by Gasteiger charge is 2.19. The summed E-state index contributed by atoms with van der Waals surface area (Å²) in [5, 5.41) is 20.1. The third kappa shape index (κ3) is 2.97. The van der Waals surface area contributed by atoms with Crippen molar-refractivity contribution in [3.63, 3.8) is 0 Å². The fourth-order valence-corrected chi connectivity index (χ4v) is 2.21. The lowest BCUT2D eigenvalue weighted by atomic mass is 10.1. The molecule has 2 aromatic carbocycles. The van der Waals surface area contributed by atoms with Gasteiger partial charge in [-0.3, -0.25) is 10.1 Å². The van der Waals surface area contributed by atoms with Gasteiger partial charge in [0.2, 0.25) is 5.75 Å². The first kappa shape index (κ1) is 14.5. The highest BCUT2D eigenvalue weighted by Crippen LogP contribution is 2.38. The summed E-state index contributed by atoms with van der Waals surface area (Å²) in [5.74, 6) is 0.676. The summed E-state index contributed by atoms with van der Waals surface area (Å²) < 4.78 is 6.17. The molecule has 0 saturated heterocycles. The van der Waals surface area contributed by atoms with Gasteiger partial charge < -0.3 is 9.84 Å². The molecule has 0 unspecified atom stereocenters. The van der Waals surface area contributed by atoms with Crippen LogP contribution in [0.2, 0.25) is 0 Å². The van der Waals surface area contributed by atoms with Gasteiger partial charge in [-0.05, 0) is 46.1 Å². The maximum Gasteiger partial charge on any atom is 0.312 e. The number of hydrogen-bond acceptors (Lipinski definition) is 4. The van der Waals surface area contributed by atoms with Crippen molar-refractivity contribution in [1.82, 2.24) is 0 Å². The minimum atomic E-state index is -0.489. The molecule has 6 heteroatoms. The number of nitrogens with zero attached hydrogens (tertiary/aromatic N) is 1. The second-order valence-electron chi connectivity index (χ2n) is 4.21. The van der Waals surface area contributed by atoms with Gasteiger partial charge >= 0.3 is 5.69 Å². The molecule has 0 aliphatic rings. The minimum absolute atomic E-state index is 0.0592. The van der Waals surface area contributed by atoms with E-state index >= 15 is 0 Å². The largest absolute Gasteiger partial charge is 0.449 e. The number of hydrogen-bond donors (Lipinski definition) is 1. The Bertz CT molecular complexity index is 658. The van der Waals surface area contributed by atoms with Gasteiger partial charge in [-0.15, -0.1) is 0 Å². The number of aliphatic hydroxyl groups is 1. The van der Waals surface area contributed by atoms with E-state index in [-0.39, 0.29) is 18.0 Å². The van der Waals surface area contributed by atoms with Gasteiger partial charge in [0.15, 0.2) is 0 Å². The SMILES string of the molecule is Cc1cc(CO)ccc1Oc1c(Br)cccc1[N+](=O)[O-]. The van der Waals surface area contributed by atoms with Crippen LogP contribution in [0.3, 0.4) is 0 Å². The Kier molecular flexibility index (Phi) is 4.36. The summed E-state index contributed by atoms with van der Waals surface area (Å²) in [6, 6.07) is 9.82. The smallest absolute Gasteiger partial charge is 0.312 e. The molecule has 1 N–H and O–H groups in total. The van der Waals surface area contributed by atoms with E-state index in [9.17, 15) is 10.1 Å². The van der Waals surface area contributed by atoms with Crippen LogP contribution < -0.4 is 4.74 Å². The Hall–Kier alpha value is -1.92. The number of para-hydroxylation sites is 1. The van der Waals surface area contributed by atoms with Crippen LogP contribution >= 0.6 is 15.9 Å². The third-order valence-corrected chi connectivity index (χ3v) is 3.40. The number of ether oxygens (including phenoxy) is 1. The monoisotopic (exact) mass is 337 g/mol. The fourth-order valence-electron chi connectivity index (χ4n) is 1.78. The topological polar surface area (TPSA) is 72.6 Å². The highest BCUT2D eigenvalue weighted by molar-refractivity contribution is 9.10. The molecule has 2 rings (SSSR count). The van der Waals surface area contributed by atoms with Crippen molar-refractivity contribution in [2.45, 2.75) is 13.5 Å². The van der Waals surface area contributed by atoms with Crippen molar-refractivity contribution in [2.75, 3.05) is 0 Å². The molecule has 0 saturated carbocycles. The van der Waals surface area contributed by atoms with Crippen LogP contribution in [0.15, 0.2) is 40.9 Å². The molecular weight excluding hydrogens is 326 g/mol. The van der Waals surface area contributed by atoms with Gasteiger partial charge in [0.1, 0.15) is 5.75 Å². The predicted molar refractivity (Wildman–Crippen MR) is 78.0 cm³/mol. The standard InChI is InChI=1S/C14H12BrNO4/c1-9-7-10(8-17)5-6-13(9)20-14-11(15)3-2-4-12(14)16(18)19/h2-7,17H,8H2,1H3. The maximum atomic E-state index is 11.0. The normalized spacial score (nSPS) is 10.3. The molecule has 0 bridgehead atoms. The lowest BCUT2D eigenvalue weighted by Gasteiger charge is -2.11. The Balaban J connectivity index is 2.42. The summed E-state index contributed by atoms with van der Waals surface area (Å²) in [5.41, 5.74) is 1.45. The van der Waals surface area contributed by atoms with Crippen molar-refractivity contribution in [2.24, 2.45) is 0 Å². The van der Waals surface area contributed by atoms with Crippen molar-refractivity contribution in [3.05, 3.63) is 62.1 Å². The van der Waals surface area contributed by atoms with E-state index in [0.29, 0.717) is 10.2 Å². The second kappa shape index (κ2) is 6.02. The molecule has 5 nitrogen and oxygen atoms in total. The number of aryl methyl sites for hydroxylation is 1. The number of halogens is 1. The van der Waals surface area contributed by atoms with Crippen LogP contribution in [-0.2, 0) is 6.61 Å². The number of rotatable bonds is 4. The van der Waals surface area contributed by atoms with Gasteiger partial charge in [0.05, 0.1) is 16.0 Å². The summed E-state index contributed by atoms with van der Waals surface area (Å²) in [4.78, 5) is 10.5. The molecule has 0 amide bonds. The van der Waals surface area contributed by atoms with Crippen LogP contribution in [0.1, 0.15) is 11.1 Å². The van der Waals surface area contributed by atoms with E-state index in [2.05, 4.69) is 15.9 Å². The van der Waals surface area contributed by atoms with E-state index in [1.165, 1.54) is 6.07 Å². The molecular formula is C14H12BrNO4. The molecule has 0 radical (unpaired) electrons. The molecule has 0 heterocycles. The van der Waals surface area contributed by atoms with E-state index in [4.69, 9.17) is 9.84 Å². The van der Waals surface area contributed by atoms with E-state index in [0.717, 1.165) is 11.1 Å². The Morgan fingerprint density at radius 1 is 1.35 bits per heavy atom. The molecule has 104 valence electrons. The zero-order chi connectivity index (χ0) is 14.7. The van der Waals surface area contributed by atoms with Crippen LogP contribution in [0, 0.1) is 17.0 Å². The van der Waals surface area contributed by atoms with Crippen molar-refractivity contribution >= 4 is 21.6 Å². The first-order valence-electron chi connectivity index (χ1n) is 5.84. The average molecular weight is 338 g/mol. The minimum Gasteiger partial charge on any atom is -0.449 e. The van der Waals surface area contributed by atoms with Crippen LogP contribution in [0.4, 0.5) is 5.69 Å². The number of aliphatic hydroxyl groups excluding tert-OH is 1. The molecule has 0 aliphatic heterocycles. The second-order valence-corrected chi connectivity index (χ2v) is 5.06. The molecule has 0 fully saturated rings. The average Bonchev–Trinajstić information content (AvgIpc) is 2.42. The first-order chi connectivity index (χ1) is 9.52. The summed E-state index contributed by atoms with van der Waals surface area (Å²) in [6.07, 6.45) is 0. The number of benzene rings is 2. The number of nitro groups is 1. The molecule has 0 spiro atoms. The quantitative estimate of drug-likeness (QED) is 0.677. The Morgan fingerprint density at radius 3 is 2.70 bits per heavy atom. The van der Waals surface area contributed by atoms with Gasteiger partial charge in [-0.1, -0.05) is 18.2 Å². The number of nitro benzene ring substituents is 1. The molecule has 20 heavy (non-hydrogen) atoms. The summed E-state index contributed by atoms with van der Waals surface area (Å²) in [7, 11) is 0. The van der Waals surface area contributed by atoms with Crippen LogP contribution in [-0.4, -0.2) is 10.0 Å². The summed E-state index contributed by atoms with van der Waals surface area (Å²) in [6.45, 7) is 1.76. The van der Waals surface area contributed by atoms with Gasteiger partial charge in [0.25, 0.3) is 0 Å². The molecule has 0 aromatic heterocycles. The van der Waals surface area contributed by atoms with E-state index in [1.807, 2.05) is 6.92 Å². The van der Waals surface area contributed by atoms with E-state index in [1.54, 1.807) is 30.3 Å². The lowest BCUT2D eigenvalue weighted by Crippen LogP contribution is -1.96. The Morgan fingerprint density at radius 2 is 2.10 bits per heavy atom. The van der Waals surface area contributed by atoms with Gasteiger partial charge in [-0.25, -0.2) is 0 Å². The van der Waals surface area contributed by atoms with Crippen LogP contribution in [0.25, 0.3) is 0 Å². The molecule has 0 atom stereocenters. The van der Waals surface area contributed by atoms with Crippen LogP contribution in [0.5, 0.6) is 11.5 Å². The van der Waals surface area contributed by atoms with Crippen molar-refractivity contribution in [3.8, 4) is 11.5 Å². The Labute approximate surface area is 124 Å². The molecule has 2 aromatic rings. The highest BCUT2D eigenvalue weighted by atomic mass is 79.9. The van der Waals surface area contributed by atoms with Crippen molar-refractivity contribution < 1.29 is 14.8 Å². The lowest BCUT2D eigenvalue weighted by molar-refractivity contribution is -0.385. The summed E-state index contributed by atoms with van der Waals surface area (Å²) >= 11 is 3.26. The maximum absolute atomic E-state index is 11.0. The van der Waals surface area contributed by atoms with Gasteiger partial charge in [0, 0.05) is 6.07 Å². The van der Waals surface area contributed by atoms with Crippen molar-refractivity contribution in [1.29, 1.82) is 0 Å². The predicted octanol–water partition coefficient (Wildman–Crippen LogP) is 3.95. The van der Waals surface area contributed by atoms with Gasteiger partial charge in [-0.2, -0.15) is 0 Å². The third-order valence-electron chi connectivity index (χ3n) is 2.78. The van der Waals surface area contributed by atoms with E-state index < -0.39 is 4.92 Å². The molecule has 0 aliphatic carbocycles. The first-order valence-corrected chi connectivity index (χ1v) is 6.63. The zero-order valence-electron chi connectivity index (χ0n) is 10.7.